The Hall–Kier alpha value is -3.12. The maximum absolute atomic E-state index is 13.7. The highest BCUT2D eigenvalue weighted by Crippen LogP contribution is 2.41. The van der Waals surface area contributed by atoms with Crippen LogP contribution in [0, 0.1) is 5.92 Å². The molecule has 2 atom stereocenters. The Bertz CT molecular complexity index is 932. The van der Waals surface area contributed by atoms with Gasteiger partial charge in [-0.3, -0.25) is 0 Å². The molecule has 0 bridgehead atoms. The molecule has 7 nitrogen and oxygen atoms in total. The molecule has 0 aliphatic carbocycles. The second kappa shape index (κ2) is 9.79. The summed E-state index contributed by atoms with van der Waals surface area (Å²) in [6.45, 7) is 5.16. The largest absolute Gasteiger partial charge is 0.493 e. The zero-order valence-corrected chi connectivity index (χ0v) is 18.0. The molecule has 1 aliphatic heterocycles. The molecule has 0 fully saturated rings. The van der Waals surface area contributed by atoms with Gasteiger partial charge in [0.2, 0.25) is 0 Å². The van der Waals surface area contributed by atoms with Crippen LogP contribution in [0.1, 0.15) is 32.4 Å². The number of hydrogen-bond donors (Lipinski definition) is 2. The fraction of sp³-hybridized carbons (Fsp3) is 0.500. The normalized spacial score (nSPS) is 17.9. The minimum Gasteiger partial charge on any atom is -0.493 e. The maximum atomic E-state index is 13.7. The van der Waals surface area contributed by atoms with Gasteiger partial charge in [-0.15, -0.1) is 0 Å². The lowest BCUT2D eigenvalue weighted by Gasteiger charge is -2.29. The summed E-state index contributed by atoms with van der Waals surface area (Å²) in [4.78, 5) is 24.6. The molecule has 0 aromatic heterocycles. The number of alkyl halides is 6. The lowest BCUT2D eigenvalue weighted by molar-refractivity contribution is -0.305. The molecule has 0 saturated carbocycles. The summed E-state index contributed by atoms with van der Waals surface area (Å²) in [7, 11) is 1.01. The Kier molecular flexibility index (Phi) is 7.75. The molecule has 1 aromatic carbocycles. The van der Waals surface area contributed by atoms with Crippen molar-refractivity contribution >= 4 is 12.0 Å². The van der Waals surface area contributed by atoms with E-state index in [9.17, 15) is 35.9 Å². The molecule has 0 spiro atoms. The first-order valence-electron chi connectivity index (χ1n) is 9.58. The van der Waals surface area contributed by atoms with Gasteiger partial charge in [-0.1, -0.05) is 19.9 Å². The van der Waals surface area contributed by atoms with Crippen molar-refractivity contribution in [1.82, 2.24) is 10.6 Å². The smallest absolute Gasteiger partial charge is 0.439 e. The van der Waals surface area contributed by atoms with Crippen molar-refractivity contribution in [2.24, 2.45) is 5.92 Å². The second-order valence-corrected chi connectivity index (χ2v) is 7.54. The molecule has 2 amide bonds. The van der Waals surface area contributed by atoms with E-state index in [1.54, 1.807) is 0 Å². The fourth-order valence-electron chi connectivity index (χ4n) is 2.87. The Labute approximate surface area is 185 Å². The van der Waals surface area contributed by atoms with Crippen molar-refractivity contribution < 1.29 is 50.1 Å². The average molecular weight is 484 g/mol. The molecule has 1 aliphatic rings. The predicted octanol–water partition coefficient (Wildman–Crippen LogP) is 4.39. The van der Waals surface area contributed by atoms with Crippen LogP contribution in [0.5, 0.6) is 11.5 Å². The third-order valence-electron chi connectivity index (χ3n) is 4.39. The highest BCUT2D eigenvalue weighted by Gasteiger charge is 2.59. The van der Waals surface area contributed by atoms with Crippen LogP contribution in [0.3, 0.4) is 0 Å². The number of methoxy groups -OCH3 is 1. The van der Waals surface area contributed by atoms with E-state index >= 15 is 0 Å². The van der Waals surface area contributed by atoms with E-state index in [2.05, 4.69) is 15.4 Å². The zero-order chi connectivity index (χ0) is 25.1. The van der Waals surface area contributed by atoms with Crippen molar-refractivity contribution in [3.05, 3.63) is 35.0 Å². The van der Waals surface area contributed by atoms with Crippen LogP contribution in [0.15, 0.2) is 29.5 Å². The van der Waals surface area contributed by atoms with Gasteiger partial charge in [0, 0.05) is 5.70 Å². The lowest BCUT2D eigenvalue weighted by atomic mass is 9.95. The molecule has 0 saturated heterocycles. The van der Waals surface area contributed by atoms with E-state index in [1.165, 1.54) is 6.92 Å². The number of hydrogen-bond acceptors (Lipinski definition) is 5. The molecule has 2 rings (SSSR count). The summed E-state index contributed by atoms with van der Waals surface area (Å²) in [5.74, 6) is -2.10. The van der Waals surface area contributed by atoms with Crippen LogP contribution in [0.4, 0.5) is 31.1 Å². The maximum Gasteiger partial charge on any atom is 0.439 e. The Morgan fingerprint density at radius 1 is 1.15 bits per heavy atom. The molecule has 33 heavy (non-hydrogen) atoms. The second-order valence-electron chi connectivity index (χ2n) is 7.54. The van der Waals surface area contributed by atoms with Crippen LogP contribution in [-0.2, 0) is 9.53 Å². The zero-order valence-electron chi connectivity index (χ0n) is 18.0. The van der Waals surface area contributed by atoms with Crippen LogP contribution >= 0.6 is 0 Å². The summed E-state index contributed by atoms with van der Waals surface area (Å²) in [5, 5.41) is 4.90. The monoisotopic (exact) mass is 484 g/mol. The van der Waals surface area contributed by atoms with Gasteiger partial charge in [0.1, 0.15) is 0 Å². The Morgan fingerprint density at radius 3 is 2.33 bits per heavy atom. The number of nitrogens with one attached hydrogen (secondary N) is 2. The highest BCUT2D eigenvalue weighted by atomic mass is 19.4. The molecule has 184 valence electrons. The molecule has 1 aromatic rings. The number of esters is 1. The van der Waals surface area contributed by atoms with Crippen molar-refractivity contribution in [3.8, 4) is 11.5 Å². The number of ether oxygens (including phenoxy) is 3. The number of carbonyl (C=O) groups is 2. The minimum atomic E-state index is -5.86. The molecule has 2 N–H and O–H groups in total. The Morgan fingerprint density at radius 2 is 1.79 bits per heavy atom. The van der Waals surface area contributed by atoms with E-state index in [0.29, 0.717) is 0 Å². The van der Waals surface area contributed by atoms with Crippen LogP contribution < -0.4 is 20.1 Å². The predicted molar refractivity (Wildman–Crippen MR) is 102 cm³/mol. The van der Waals surface area contributed by atoms with Crippen LogP contribution in [-0.4, -0.2) is 44.2 Å². The topological polar surface area (TPSA) is 85.9 Å². The standard InChI is InChI=1S/C20H22F6N2O5/c1-9(2)8-32-16(29)14-10(3)27-18(30)28-15(14)11-5-6-12(13(7-11)31-4)33-20(25,26)17(21)19(22,23)24/h5-7,9,15,17H,8H2,1-4H3,(H2,27,28,30)/t15-,17+/m0/s1. The highest BCUT2D eigenvalue weighted by molar-refractivity contribution is 5.95. The van der Waals surface area contributed by atoms with Crippen molar-refractivity contribution in [2.75, 3.05) is 13.7 Å². The number of amides is 2. The number of halogens is 6. The fourth-order valence-corrected chi connectivity index (χ4v) is 2.87. The van der Waals surface area contributed by atoms with Crippen molar-refractivity contribution in [1.29, 1.82) is 0 Å². The summed E-state index contributed by atoms with van der Waals surface area (Å²) in [6.07, 6.45) is -15.7. The molecular weight excluding hydrogens is 462 g/mol. The molecule has 1 heterocycles. The van der Waals surface area contributed by atoms with E-state index < -0.39 is 48.0 Å². The lowest BCUT2D eigenvalue weighted by Crippen LogP contribution is -2.46. The Balaban J connectivity index is 2.40. The summed E-state index contributed by atoms with van der Waals surface area (Å²) < 4.78 is 91.8. The number of urea groups is 1. The van der Waals surface area contributed by atoms with Gasteiger partial charge in [0.25, 0.3) is 6.17 Å². The number of rotatable bonds is 8. The molecule has 0 radical (unpaired) electrons. The van der Waals surface area contributed by atoms with E-state index in [1.807, 2.05) is 13.8 Å². The van der Waals surface area contributed by atoms with E-state index in [0.717, 1.165) is 25.3 Å². The molecule has 0 unspecified atom stereocenters. The third-order valence-corrected chi connectivity index (χ3v) is 4.39. The first kappa shape index (κ1) is 26.1. The average Bonchev–Trinajstić information content (AvgIpc) is 2.70. The van der Waals surface area contributed by atoms with Gasteiger partial charge < -0.3 is 24.8 Å². The SMILES string of the molecule is COc1cc([C@@H]2NC(=O)NC(C)=C2C(=O)OCC(C)C)ccc1OC(F)(F)[C@H](F)C(F)(F)F. The van der Waals surface area contributed by atoms with Crippen molar-refractivity contribution in [2.45, 2.75) is 45.3 Å². The van der Waals surface area contributed by atoms with Gasteiger partial charge in [0.05, 0.1) is 25.3 Å². The van der Waals surface area contributed by atoms with Crippen LogP contribution in [0.25, 0.3) is 0 Å². The van der Waals surface area contributed by atoms with Gasteiger partial charge in [0.15, 0.2) is 11.5 Å². The first-order chi connectivity index (χ1) is 15.2. The summed E-state index contributed by atoms with van der Waals surface area (Å²) in [6, 6.07) is 1.20. The number of allylic oxidation sites excluding steroid dienone is 1. The number of carbonyl (C=O) groups excluding carboxylic acids is 2. The van der Waals surface area contributed by atoms with Crippen molar-refractivity contribution in [3.63, 3.8) is 0 Å². The van der Waals surface area contributed by atoms with Gasteiger partial charge in [-0.25, -0.2) is 14.0 Å². The first-order valence-corrected chi connectivity index (χ1v) is 9.58. The third kappa shape index (κ3) is 6.23. The van der Waals surface area contributed by atoms with E-state index in [-0.39, 0.29) is 29.4 Å². The van der Waals surface area contributed by atoms with Crippen LogP contribution in [0.2, 0.25) is 0 Å². The van der Waals surface area contributed by atoms with Gasteiger partial charge in [-0.05, 0) is 30.5 Å². The summed E-state index contributed by atoms with van der Waals surface area (Å²) >= 11 is 0. The summed E-state index contributed by atoms with van der Waals surface area (Å²) in [5.41, 5.74) is 0.326. The minimum absolute atomic E-state index is 0.0113. The van der Waals surface area contributed by atoms with Gasteiger partial charge in [-0.2, -0.15) is 22.0 Å². The van der Waals surface area contributed by atoms with E-state index in [4.69, 9.17) is 9.47 Å². The molecule has 13 heteroatoms. The quantitative estimate of drug-likeness (QED) is 0.422. The molecular formula is C20H22F6N2O5. The number of benzene rings is 1. The van der Waals surface area contributed by atoms with Gasteiger partial charge >= 0.3 is 24.3 Å².